The van der Waals surface area contributed by atoms with Gasteiger partial charge in [0.2, 0.25) is 0 Å². The van der Waals surface area contributed by atoms with Crippen molar-refractivity contribution in [2.24, 2.45) is 5.73 Å². The Labute approximate surface area is 122 Å². The van der Waals surface area contributed by atoms with Crippen molar-refractivity contribution in [3.8, 4) is 0 Å². The summed E-state index contributed by atoms with van der Waals surface area (Å²) in [6, 6.07) is 0.249. The lowest BCUT2D eigenvalue weighted by atomic mass is 10.1. The first kappa shape index (κ1) is 16.2. The van der Waals surface area contributed by atoms with Crippen molar-refractivity contribution in [3.63, 3.8) is 0 Å². The van der Waals surface area contributed by atoms with Crippen molar-refractivity contribution < 1.29 is 14.6 Å². The number of carbonyl (C=O) groups is 1. The summed E-state index contributed by atoms with van der Waals surface area (Å²) in [5, 5.41) is 9.88. The molecule has 8 heteroatoms. The van der Waals surface area contributed by atoms with Gasteiger partial charge >= 0.3 is 5.97 Å². The number of nitrogens with two attached hydrogens (primary N) is 1. The van der Waals surface area contributed by atoms with Crippen molar-refractivity contribution >= 4 is 34.8 Å². The van der Waals surface area contributed by atoms with Crippen LogP contribution in [0.25, 0.3) is 0 Å². The second kappa shape index (κ2) is 7.04. The number of ether oxygens (including phenoxy) is 1. The van der Waals surface area contributed by atoms with Gasteiger partial charge in [0, 0.05) is 26.2 Å². The summed E-state index contributed by atoms with van der Waals surface area (Å²) in [4.78, 5) is 17.9. The van der Waals surface area contributed by atoms with Gasteiger partial charge in [-0.2, -0.15) is 0 Å². The van der Waals surface area contributed by atoms with E-state index in [0.29, 0.717) is 5.69 Å². The molecule has 3 N–H and O–H groups in total. The number of carboxylic acid groups (broad SMARTS) is 1. The first-order valence-electron chi connectivity index (χ1n) is 5.84. The van der Waals surface area contributed by atoms with E-state index in [4.69, 9.17) is 15.6 Å². The Balaban J connectivity index is 0.00000180. The number of aromatic carboxylic acids is 1. The molecule has 1 aromatic heterocycles. The lowest BCUT2D eigenvalue weighted by Crippen LogP contribution is -2.39. The monoisotopic (exact) mass is 307 g/mol. The zero-order chi connectivity index (χ0) is 13.1. The smallest absolute Gasteiger partial charge is 0.347 e. The third-order valence-electron chi connectivity index (χ3n) is 2.97. The van der Waals surface area contributed by atoms with E-state index in [9.17, 15) is 4.79 Å². The first-order valence-corrected chi connectivity index (χ1v) is 6.66. The summed E-state index contributed by atoms with van der Waals surface area (Å²) in [6.07, 6.45) is 1.84. The van der Waals surface area contributed by atoms with Gasteiger partial charge in [0.15, 0.2) is 5.13 Å². The van der Waals surface area contributed by atoms with Gasteiger partial charge in [0.1, 0.15) is 4.88 Å². The second-order valence-corrected chi connectivity index (χ2v) is 5.31. The van der Waals surface area contributed by atoms with E-state index in [1.165, 1.54) is 18.4 Å². The van der Waals surface area contributed by atoms with Crippen molar-refractivity contribution in [3.05, 3.63) is 10.6 Å². The number of piperidine rings is 1. The van der Waals surface area contributed by atoms with E-state index in [0.717, 1.165) is 31.1 Å². The topological polar surface area (TPSA) is 88.7 Å². The lowest BCUT2D eigenvalue weighted by molar-refractivity contribution is 0.0697. The molecule has 108 valence electrons. The highest BCUT2D eigenvalue weighted by Gasteiger charge is 2.23. The highest BCUT2D eigenvalue weighted by Crippen LogP contribution is 2.28. The molecule has 0 saturated carbocycles. The molecule has 6 nitrogen and oxygen atoms in total. The largest absolute Gasteiger partial charge is 0.477 e. The number of rotatable bonds is 4. The van der Waals surface area contributed by atoms with Crippen LogP contribution in [0, 0.1) is 0 Å². The molecule has 0 spiro atoms. The number of methoxy groups -OCH3 is 1. The molecule has 0 radical (unpaired) electrons. The summed E-state index contributed by atoms with van der Waals surface area (Å²) >= 11 is 1.21. The minimum Gasteiger partial charge on any atom is -0.477 e. The predicted molar refractivity (Wildman–Crippen MR) is 76.5 cm³/mol. The maximum Gasteiger partial charge on any atom is 0.347 e. The van der Waals surface area contributed by atoms with E-state index in [1.807, 2.05) is 0 Å². The van der Waals surface area contributed by atoms with E-state index >= 15 is 0 Å². The van der Waals surface area contributed by atoms with Crippen molar-refractivity contribution in [2.75, 3.05) is 25.1 Å². The molecule has 1 fully saturated rings. The normalized spacial score (nSPS) is 16.2. The number of thiazole rings is 1. The van der Waals surface area contributed by atoms with Gasteiger partial charge < -0.3 is 20.5 Å². The Morgan fingerprint density at radius 1 is 1.58 bits per heavy atom. The molecule has 0 aliphatic carbocycles. The lowest BCUT2D eigenvalue weighted by Gasteiger charge is -2.29. The van der Waals surface area contributed by atoms with Gasteiger partial charge in [-0.15, -0.1) is 12.4 Å². The second-order valence-electron chi connectivity index (χ2n) is 4.33. The number of hydrogen-bond donors (Lipinski definition) is 2. The fraction of sp³-hybridized carbons (Fsp3) is 0.636. The Kier molecular flexibility index (Phi) is 5.99. The van der Waals surface area contributed by atoms with E-state index in [1.54, 1.807) is 0 Å². The minimum atomic E-state index is -0.945. The third kappa shape index (κ3) is 3.79. The number of anilines is 1. The van der Waals surface area contributed by atoms with Gasteiger partial charge in [-0.1, -0.05) is 11.3 Å². The van der Waals surface area contributed by atoms with Gasteiger partial charge in [-0.25, -0.2) is 9.78 Å². The Morgan fingerprint density at radius 3 is 2.74 bits per heavy atom. The zero-order valence-electron chi connectivity index (χ0n) is 10.7. The van der Waals surface area contributed by atoms with E-state index in [-0.39, 0.29) is 29.9 Å². The molecule has 0 unspecified atom stereocenters. The fourth-order valence-electron chi connectivity index (χ4n) is 1.97. The molecule has 1 aliphatic rings. The average Bonchev–Trinajstić information content (AvgIpc) is 2.75. The summed E-state index contributed by atoms with van der Waals surface area (Å²) in [7, 11) is 1.53. The van der Waals surface area contributed by atoms with Crippen LogP contribution in [-0.4, -0.2) is 42.3 Å². The number of carboxylic acids is 1. The van der Waals surface area contributed by atoms with Gasteiger partial charge in [-0.05, 0) is 12.8 Å². The van der Waals surface area contributed by atoms with Crippen LogP contribution >= 0.6 is 23.7 Å². The Morgan fingerprint density at radius 2 is 2.21 bits per heavy atom. The van der Waals surface area contributed by atoms with Crippen LogP contribution in [0.15, 0.2) is 0 Å². The maximum atomic E-state index is 11.1. The summed E-state index contributed by atoms with van der Waals surface area (Å²) in [6.45, 7) is 1.89. The van der Waals surface area contributed by atoms with Crippen LogP contribution in [0.2, 0.25) is 0 Å². The number of aromatic nitrogens is 1. The number of hydrogen-bond acceptors (Lipinski definition) is 6. The molecule has 0 aromatic carbocycles. The van der Waals surface area contributed by atoms with E-state index in [2.05, 4.69) is 9.88 Å². The molecular formula is C11H18ClN3O3S. The standard InChI is InChI=1S/C11H17N3O3S.ClH/c1-17-6-8-9(10(15)16)18-11(13-8)14-4-2-7(12)3-5-14;/h7H,2-6,12H2,1H3,(H,15,16);1H. The quantitative estimate of drug-likeness (QED) is 0.872. The summed E-state index contributed by atoms with van der Waals surface area (Å²) in [5.41, 5.74) is 6.35. The van der Waals surface area contributed by atoms with Crippen LogP contribution < -0.4 is 10.6 Å². The van der Waals surface area contributed by atoms with Gasteiger partial charge in [0.05, 0.1) is 12.3 Å². The molecule has 19 heavy (non-hydrogen) atoms. The first-order chi connectivity index (χ1) is 8.61. The summed E-state index contributed by atoms with van der Waals surface area (Å²) in [5.74, 6) is -0.945. The predicted octanol–water partition coefficient (Wildman–Crippen LogP) is 1.34. The Hall–Kier alpha value is -0.890. The number of halogens is 1. The van der Waals surface area contributed by atoms with Crippen LogP contribution in [0.4, 0.5) is 5.13 Å². The van der Waals surface area contributed by atoms with Crippen LogP contribution in [0.5, 0.6) is 0 Å². The fourth-order valence-corrected chi connectivity index (χ4v) is 2.93. The molecule has 0 amide bonds. The molecule has 2 rings (SSSR count). The molecule has 0 atom stereocenters. The molecule has 1 aromatic rings. The maximum absolute atomic E-state index is 11.1. The molecule has 1 saturated heterocycles. The van der Waals surface area contributed by atoms with Crippen LogP contribution in [-0.2, 0) is 11.3 Å². The zero-order valence-corrected chi connectivity index (χ0v) is 12.3. The molecule has 0 bridgehead atoms. The SMILES string of the molecule is COCc1nc(N2CCC(N)CC2)sc1C(=O)O.Cl. The molecular weight excluding hydrogens is 290 g/mol. The number of nitrogens with zero attached hydrogens (tertiary/aromatic N) is 2. The van der Waals surface area contributed by atoms with Crippen LogP contribution in [0.1, 0.15) is 28.2 Å². The molecule has 1 aliphatic heterocycles. The summed E-state index contributed by atoms with van der Waals surface area (Å²) < 4.78 is 4.98. The third-order valence-corrected chi connectivity index (χ3v) is 4.12. The van der Waals surface area contributed by atoms with Crippen molar-refractivity contribution in [2.45, 2.75) is 25.5 Å². The van der Waals surface area contributed by atoms with Crippen molar-refractivity contribution in [1.82, 2.24) is 4.98 Å². The van der Waals surface area contributed by atoms with Crippen LogP contribution in [0.3, 0.4) is 0 Å². The molecule has 2 heterocycles. The van der Waals surface area contributed by atoms with Gasteiger partial charge in [0.25, 0.3) is 0 Å². The van der Waals surface area contributed by atoms with Crippen molar-refractivity contribution in [1.29, 1.82) is 0 Å². The highest BCUT2D eigenvalue weighted by molar-refractivity contribution is 7.17. The van der Waals surface area contributed by atoms with Gasteiger partial charge in [-0.3, -0.25) is 0 Å². The minimum absolute atomic E-state index is 0. The van der Waals surface area contributed by atoms with E-state index < -0.39 is 5.97 Å². The average molecular weight is 308 g/mol. The Bertz CT molecular complexity index is 433. The highest BCUT2D eigenvalue weighted by atomic mass is 35.5.